The highest BCUT2D eigenvalue weighted by Crippen LogP contribution is 2.17. The number of nitrogens with one attached hydrogen (secondary N) is 1. The Balaban J connectivity index is 2.48. The zero-order valence-electron chi connectivity index (χ0n) is 3.98. The Kier molecular flexibility index (Phi) is 1.35. The quantitative estimate of drug-likeness (QED) is 0.482. The van der Waals surface area contributed by atoms with Gasteiger partial charge in [-0.15, -0.1) is 11.8 Å². The second-order valence-corrected chi connectivity index (χ2v) is 2.74. The predicted octanol–water partition coefficient (Wildman–Crippen LogP) is 0.428. The molecular formula is C4H8N2S. The van der Waals surface area contributed by atoms with Crippen molar-refractivity contribution in [3.8, 4) is 0 Å². The van der Waals surface area contributed by atoms with E-state index in [1.807, 2.05) is 0 Å². The van der Waals surface area contributed by atoms with E-state index in [4.69, 9.17) is 11.1 Å². The van der Waals surface area contributed by atoms with Crippen LogP contribution >= 0.6 is 11.8 Å². The number of hydrogen-bond donors (Lipinski definition) is 2. The lowest BCUT2D eigenvalue weighted by Gasteiger charge is -1.94. The van der Waals surface area contributed by atoms with Crippen LogP contribution in [-0.4, -0.2) is 16.8 Å². The zero-order valence-corrected chi connectivity index (χ0v) is 4.79. The average Bonchev–Trinajstić information content (AvgIpc) is 1.91. The van der Waals surface area contributed by atoms with Crippen LogP contribution in [0.2, 0.25) is 0 Å². The van der Waals surface area contributed by atoms with E-state index in [0.29, 0.717) is 5.04 Å². The van der Waals surface area contributed by atoms with E-state index >= 15 is 0 Å². The summed E-state index contributed by atoms with van der Waals surface area (Å²) in [6.45, 7) is 0. The molecule has 1 fully saturated rings. The third-order valence-corrected chi connectivity index (χ3v) is 2.08. The van der Waals surface area contributed by atoms with Crippen molar-refractivity contribution in [3.05, 3.63) is 0 Å². The van der Waals surface area contributed by atoms with E-state index in [0.717, 1.165) is 12.2 Å². The van der Waals surface area contributed by atoms with Crippen LogP contribution in [0.25, 0.3) is 0 Å². The summed E-state index contributed by atoms with van der Waals surface area (Å²) in [6, 6.07) is 0.0602. The standard InChI is InChI=1S/C4H8N2S/c5-3-1-2-7-4(3)6/h3,6H,1-2,5H2. The van der Waals surface area contributed by atoms with Crippen molar-refractivity contribution >= 4 is 16.8 Å². The number of nitrogens with two attached hydrogens (primary N) is 1. The molecule has 0 bridgehead atoms. The molecule has 3 heteroatoms. The summed E-state index contributed by atoms with van der Waals surface area (Å²) in [6.07, 6.45) is 0.990. The number of thioether (sulfide) groups is 1. The lowest BCUT2D eigenvalue weighted by molar-refractivity contribution is 0.852. The van der Waals surface area contributed by atoms with Crippen LogP contribution in [0, 0.1) is 5.41 Å². The van der Waals surface area contributed by atoms with Crippen LogP contribution < -0.4 is 5.73 Å². The van der Waals surface area contributed by atoms with Gasteiger partial charge in [0.05, 0.1) is 11.1 Å². The van der Waals surface area contributed by atoms with Gasteiger partial charge in [-0.25, -0.2) is 0 Å². The maximum atomic E-state index is 7.09. The molecule has 2 nitrogen and oxygen atoms in total. The van der Waals surface area contributed by atoms with E-state index in [1.165, 1.54) is 0 Å². The van der Waals surface area contributed by atoms with Crippen molar-refractivity contribution in [1.29, 1.82) is 5.41 Å². The third-order valence-electron chi connectivity index (χ3n) is 1.02. The van der Waals surface area contributed by atoms with Crippen molar-refractivity contribution in [2.45, 2.75) is 12.5 Å². The van der Waals surface area contributed by atoms with Gasteiger partial charge in [0.2, 0.25) is 0 Å². The fraction of sp³-hybridized carbons (Fsp3) is 0.750. The average molecular weight is 116 g/mol. The van der Waals surface area contributed by atoms with E-state index in [9.17, 15) is 0 Å². The molecule has 40 valence electrons. The van der Waals surface area contributed by atoms with Gasteiger partial charge in [0.1, 0.15) is 0 Å². The molecular weight excluding hydrogens is 108 g/mol. The molecule has 1 atom stereocenters. The van der Waals surface area contributed by atoms with Crippen molar-refractivity contribution in [2.24, 2.45) is 5.73 Å². The Morgan fingerprint density at radius 3 is 2.71 bits per heavy atom. The van der Waals surface area contributed by atoms with Gasteiger partial charge in [-0.2, -0.15) is 0 Å². The van der Waals surface area contributed by atoms with Crippen LogP contribution in [0.15, 0.2) is 0 Å². The minimum absolute atomic E-state index is 0.0602. The third kappa shape index (κ3) is 0.951. The molecule has 0 radical (unpaired) electrons. The van der Waals surface area contributed by atoms with Gasteiger partial charge in [-0.3, -0.25) is 5.41 Å². The van der Waals surface area contributed by atoms with Gasteiger partial charge in [-0.05, 0) is 6.42 Å². The van der Waals surface area contributed by atoms with Crippen LogP contribution in [-0.2, 0) is 0 Å². The minimum Gasteiger partial charge on any atom is -0.322 e. The summed E-state index contributed by atoms with van der Waals surface area (Å²) in [5.74, 6) is 1.04. The van der Waals surface area contributed by atoms with Crippen LogP contribution in [0.4, 0.5) is 0 Å². The van der Waals surface area contributed by atoms with Gasteiger partial charge in [0.25, 0.3) is 0 Å². The Morgan fingerprint density at radius 2 is 2.57 bits per heavy atom. The van der Waals surface area contributed by atoms with E-state index in [-0.39, 0.29) is 6.04 Å². The topological polar surface area (TPSA) is 49.9 Å². The molecule has 0 saturated carbocycles. The number of hydrogen-bond acceptors (Lipinski definition) is 3. The summed E-state index contributed by atoms with van der Waals surface area (Å²) >= 11 is 1.56. The molecule has 1 heterocycles. The second-order valence-electron chi connectivity index (χ2n) is 1.61. The molecule has 1 rings (SSSR count). The molecule has 3 N–H and O–H groups in total. The zero-order chi connectivity index (χ0) is 5.28. The largest absolute Gasteiger partial charge is 0.322 e. The molecule has 0 spiro atoms. The maximum Gasteiger partial charge on any atom is 0.0809 e. The lowest BCUT2D eigenvalue weighted by atomic mass is 10.3. The Bertz CT molecular complexity index is 91.7. The Hall–Kier alpha value is -0.0200. The van der Waals surface area contributed by atoms with Crippen LogP contribution in [0.5, 0.6) is 0 Å². The normalized spacial score (nSPS) is 31.6. The molecule has 7 heavy (non-hydrogen) atoms. The first-order valence-electron chi connectivity index (χ1n) is 2.27. The molecule has 0 aromatic heterocycles. The first-order chi connectivity index (χ1) is 3.30. The summed E-state index contributed by atoms with van der Waals surface area (Å²) in [7, 11) is 0. The summed E-state index contributed by atoms with van der Waals surface area (Å²) < 4.78 is 0. The van der Waals surface area contributed by atoms with Gasteiger partial charge in [0, 0.05) is 5.75 Å². The smallest absolute Gasteiger partial charge is 0.0809 e. The van der Waals surface area contributed by atoms with E-state index in [1.54, 1.807) is 11.8 Å². The molecule has 0 amide bonds. The van der Waals surface area contributed by atoms with E-state index in [2.05, 4.69) is 0 Å². The highest BCUT2D eigenvalue weighted by Gasteiger charge is 2.16. The maximum absolute atomic E-state index is 7.09. The minimum atomic E-state index is 0.0602. The van der Waals surface area contributed by atoms with Crippen molar-refractivity contribution < 1.29 is 0 Å². The molecule has 1 unspecified atom stereocenters. The van der Waals surface area contributed by atoms with Crippen LogP contribution in [0.3, 0.4) is 0 Å². The van der Waals surface area contributed by atoms with Crippen molar-refractivity contribution in [2.75, 3.05) is 5.75 Å². The van der Waals surface area contributed by atoms with Gasteiger partial charge in [-0.1, -0.05) is 0 Å². The van der Waals surface area contributed by atoms with Gasteiger partial charge < -0.3 is 5.73 Å². The van der Waals surface area contributed by atoms with Crippen molar-refractivity contribution in [1.82, 2.24) is 0 Å². The monoisotopic (exact) mass is 116 g/mol. The number of rotatable bonds is 0. The lowest BCUT2D eigenvalue weighted by Crippen LogP contribution is -2.22. The van der Waals surface area contributed by atoms with Gasteiger partial charge in [0.15, 0.2) is 0 Å². The summed E-state index contributed by atoms with van der Waals surface area (Å²) in [4.78, 5) is 0. The first kappa shape index (κ1) is 5.12. The Morgan fingerprint density at radius 1 is 1.86 bits per heavy atom. The Labute approximate surface area is 47.0 Å². The fourth-order valence-corrected chi connectivity index (χ4v) is 1.46. The first-order valence-corrected chi connectivity index (χ1v) is 3.26. The van der Waals surface area contributed by atoms with E-state index < -0.39 is 0 Å². The molecule has 1 aliphatic heterocycles. The molecule has 0 aliphatic carbocycles. The highest BCUT2D eigenvalue weighted by atomic mass is 32.2. The summed E-state index contributed by atoms with van der Waals surface area (Å²) in [5, 5.41) is 7.75. The highest BCUT2D eigenvalue weighted by molar-refractivity contribution is 8.14. The predicted molar refractivity (Wildman–Crippen MR) is 32.8 cm³/mol. The fourth-order valence-electron chi connectivity index (χ4n) is 0.534. The molecule has 0 aromatic rings. The van der Waals surface area contributed by atoms with Crippen LogP contribution in [0.1, 0.15) is 6.42 Å². The SMILES string of the molecule is N=C1SCCC1N. The molecule has 0 aromatic carbocycles. The molecule has 1 aliphatic rings. The summed E-state index contributed by atoms with van der Waals surface area (Å²) in [5.41, 5.74) is 5.43. The van der Waals surface area contributed by atoms with Gasteiger partial charge >= 0.3 is 0 Å². The van der Waals surface area contributed by atoms with Crippen molar-refractivity contribution in [3.63, 3.8) is 0 Å². The second kappa shape index (κ2) is 1.84. The molecule has 1 saturated heterocycles.